The molecule has 2 unspecified atom stereocenters. The fraction of sp³-hybridized carbons (Fsp3) is 0.500. The number of halogens is 2. The van der Waals surface area contributed by atoms with Crippen molar-refractivity contribution in [1.82, 2.24) is 4.31 Å². The van der Waals surface area contributed by atoms with Gasteiger partial charge in [-0.25, -0.2) is 12.8 Å². The van der Waals surface area contributed by atoms with Crippen molar-refractivity contribution >= 4 is 21.6 Å². The topological polar surface area (TPSA) is 37.4 Å². The number of piperidine rings is 1. The Kier molecular flexibility index (Phi) is 3.94. The van der Waals surface area contributed by atoms with Gasteiger partial charge < -0.3 is 0 Å². The molecule has 1 aromatic carbocycles. The summed E-state index contributed by atoms with van der Waals surface area (Å²) in [4.78, 5) is 0.113. The van der Waals surface area contributed by atoms with Gasteiger partial charge in [-0.1, -0.05) is 6.92 Å². The van der Waals surface area contributed by atoms with Crippen molar-refractivity contribution in [2.24, 2.45) is 5.92 Å². The second-order valence-electron chi connectivity index (χ2n) is 4.60. The summed E-state index contributed by atoms with van der Waals surface area (Å²) >= 11 is 6.11. The highest BCUT2D eigenvalue weighted by molar-refractivity contribution is 7.89. The smallest absolute Gasteiger partial charge is 0.207 e. The number of benzene rings is 1. The Bertz CT molecular complexity index is 517. The summed E-state index contributed by atoms with van der Waals surface area (Å²) in [7, 11) is -3.55. The van der Waals surface area contributed by atoms with E-state index in [0.717, 1.165) is 18.6 Å². The number of alkyl halides is 1. The first-order valence-electron chi connectivity index (χ1n) is 5.81. The lowest BCUT2D eigenvalue weighted by Crippen LogP contribution is -2.43. The van der Waals surface area contributed by atoms with Gasteiger partial charge in [0, 0.05) is 18.5 Å². The molecule has 2 atom stereocenters. The first kappa shape index (κ1) is 13.8. The monoisotopic (exact) mass is 291 g/mol. The van der Waals surface area contributed by atoms with Crippen LogP contribution < -0.4 is 0 Å². The third kappa shape index (κ3) is 2.68. The molecule has 0 saturated carbocycles. The lowest BCUT2D eigenvalue weighted by atomic mass is 10.0. The number of nitrogens with zero attached hydrogens (tertiary/aromatic N) is 1. The van der Waals surface area contributed by atoms with Crippen LogP contribution in [-0.2, 0) is 10.0 Å². The third-order valence-electron chi connectivity index (χ3n) is 3.28. The van der Waals surface area contributed by atoms with Crippen molar-refractivity contribution in [3.05, 3.63) is 30.1 Å². The van der Waals surface area contributed by atoms with Crippen LogP contribution in [0.1, 0.15) is 13.3 Å². The van der Waals surface area contributed by atoms with Crippen LogP contribution in [0.15, 0.2) is 29.2 Å². The molecule has 2 rings (SSSR count). The minimum Gasteiger partial charge on any atom is -0.207 e. The maximum absolute atomic E-state index is 12.8. The van der Waals surface area contributed by atoms with E-state index in [4.69, 9.17) is 11.6 Å². The van der Waals surface area contributed by atoms with Crippen LogP contribution in [-0.4, -0.2) is 31.2 Å². The Labute approximate surface area is 112 Å². The zero-order valence-corrected chi connectivity index (χ0v) is 11.6. The molecule has 0 spiro atoms. The first-order valence-corrected chi connectivity index (χ1v) is 7.68. The standard InChI is InChI=1S/C12H15ClFNO2S/c1-9-6-7-15(8-12(9)13)18(16,17)11-4-2-10(14)3-5-11/h2-5,9,12H,6-8H2,1H3. The molecule has 100 valence electrons. The molecule has 6 heteroatoms. The second-order valence-corrected chi connectivity index (χ2v) is 7.10. The number of rotatable bonds is 2. The Hall–Kier alpha value is -0.650. The molecule has 3 nitrogen and oxygen atoms in total. The summed E-state index contributed by atoms with van der Waals surface area (Å²) in [6.07, 6.45) is 0.745. The molecule has 1 aliphatic heterocycles. The molecular weight excluding hydrogens is 277 g/mol. The highest BCUT2D eigenvalue weighted by Gasteiger charge is 2.32. The van der Waals surface area contributed by atoms with E-state index >= 15 is 0 Å². The predicted octanol–water partition coefficient (Wildman–Crippen LogP) is 2.46. The van der Waals surface area contributed by atoms with Crippen LogP contribution in [0.4, 0.5) is 4.39 Å². The van der Waals surface area contributed by atoms with Crippen molar-refractivity contribution in [3.63, 3.8) is 0 Å². The molecule has 0 radical (unpaired) electrons. The normalized spacial score (nSPS) is 26.2. The van der Waals surface area contributed by atoms with Gasteiger partial charge in [0.2, 0.25) is 10.0 Å². The maximum atomic E-state index is 12.8. The Morgan fingerprint density at radius 1 is 1.33 bits per heavy atom. The van der Waals surface area contributed by atoms with Crippen LogP contribution in [0, 0.1) is 11.7 Å². The summed E-state index contributed by atoms with van der Waals surface area (Å²) in [5.41, 5.74) is 0. The van der Waals surface area contributed by atoms with Gasteiger partial charge in [0.05, 0.1) is 4.90 Å². The molecule has 18 heavy (non-hydrogen) atoms. The summed E-state index contributed by atoms with van der Waals surface area (Å²) in [6, 6.07) is 4.87. The van der Waals surface area contributed by atoms with Gasteiger partial charge >= 0.3 is 0 Å². The number of hydrogen-bond acceptors (Lipinski definition) is 2. The molecule has 0 aromatic heterocycles. The van der Waals surface area contributed by atoms with Gasteiger partial charge in [-0.3, -0.25) is 0 Å². The number of sulfonamides is 1. The minimum atomic E-state index is -3.55. The molecule has 0 amide bonds. The van der Waals surface area contributed by atoms with Gasteiger partial charge in [0.25, 0.3) is 0 Å². The van der Waals surface area contributed by atoms with Crippen molar-refractivity contribution in [1.29, 1.82) is 0 Å². The Morgan fingerprint density at radius 2 is 1.94 bits per heavy atom. The highest BCUT2D eigenvalue weighted by Crippen LogP contribution is 2.26. The lowest BCUT2D eigenvalue weighted by Gasteiger charge is -2.33. The minimum absolute atomic E-state index is 0.113. The van der Waals surface area contributed by atoms with Crippen LogP contribution in [0.2, 0.25) is 0 Å². The molecule has 1 aromatic rings. The van der Waals surface area contributed by atoms with E-state index in [2.05, 4.69) is 0 Å². The second kappa shape index (κ2) is 5.15. The van der Waals surface area contributed by atoms with Crippen molar-refractivity contribution in [3.8, 4) is 0 Å². The first-order chi connectivity index (χ1) is 8.41. The van der Waals surface area contributed by atoms with Crippen LogP contribution in [0.3, 0.4) is 0 Å². The molecule has 1 heterocycles. The van der Waals surface area contributed by atoms with Crippen molar-refractivity contribution < 1.29 is 12.8 Å². The van der Waals surface area contributed by atoms with Gasteiger partial charge in [-0.2, -0.15) is 4.31 Å². The largest absolute Gasteiger partial charge is 0.243 e. The maximum Gasteiger partial charge on any atom is 0.243 e. The fourth-order valence-electron chi connectivity index (χ4n) is 1.97. The molecule has 1 saturated heterocycles. The van der Waals surface area contributed by atoms with E-state index in [9.17, 15) is 12.8 Å². The summed E-state index contributed by atoms with van der Waals surface area (Å²) < 4.78 is 38.8. The molecular formula is C12H15ClFNO2S. The number of hydrogen-bond donors (Lipinski definition) is 0. The zero-order valence-electron chi connectivity index (χ0n) is 10.0. The van der Waals surface area contributed by atoms with E-state index in [-0.39, 0.29) is 10.3 Å². The third-order valence-corrected chi connectivity index (χ3v) is 5.73. The van der Waals surface area contributed by atoms with Gasteiger partial charge in [-0.15, -0.1) is 11.6 Å². The van der Waals surface area contributed by atoms with Crippen molar-refractivity contribution in [2.75, 3.05) is 13.1 Å². The summed E-state index contributed by atoms with van der Waals surface area (Å²) in [6.45, 7) is 2.78. The summed E-state index contributed by atoms with van der Waals surface area (Å²) in [5.74, 6) is -0.136. The van der Waals surface area contributed by atoms with E-state index in [0.29, 0.717) is 19.0 Å². The van der Waals surface area contributed by atoms with E-state index < -0.39 is 15.8 Å². The van der Waals surface area contributed by atoms with E-state index in [1.54, 1.807) is 0 Å². The van der Waals surface area contributed by atoms with Crippen LogP contribution in [0.25, 0.3) is 0 Å². The molecule has 0 aliphatic carbocycles. The van der Waals surface area contributed by atoms with Crippen LogP contribution >= 0.6 is 11.6 Å². The van der Waals surface area contributed by atoms with Gasteiger partial charge in [-0.05, 0) is 36.6 Å². The highest BCUT2D eigenvalue weighted by atomic mass is 35.5. The van der Waals surface area contributed by atoms with E-state index in [1.807, 2.05) is 6.92 Å². The van der Waals surface area contributed by atoms with Crippen LogP contribution in [0.5, 0.6) is 0 Å². The average molecular weight is 292 g/mol. The Balaban J connectivity index is 2.24. The quantitative estimate of drug-likeness (QED) is 0.785. The van der Waals surface area contributed by atoms with Gasteiger partial charge in [0.1, 0.15) is 5.82 Å². The SMILES string of the molecule is CC1CCN(S(=O)(=O)c2ccc(F)cc2)CC1Cl. The lowest BCUT2D eigenvalue weighted by molar-refractivity contribution is 0.293. The predicted molar refractivity (Wildman–Crippen MR) is 68.6 cm³/mol. The molecule has 1 fully saturated rings. The Morgan fingerprint density at radius 3 is 2.50 bits per heavy atom. The van der Waals surface area contributed by atoms with Gasteiger partial charge in [0.15, 0.2) is 0 Å². The average Bonchev–Trinajstić information content (AvgIpc) is 2.33. The van der Waals surface area contributed by atoms with E-state index in [1.165, 1.54) is 16.4 Å². The molecule has 0 N–H and O–H groups in total. The molecule has 1 aliphatic rings. The zero-order chi connectivity index (χ0) is 13.3. The molecule has 0 bridgehead atoms. The fourth-order valence-corrected chi connectivity index (χ4v) is 3.82. The van der Waals surface area contributed by atoms with Crippen molar-refractivity contribution in [2.45, 2.75) is 23.6 Å². The summed E-state index contributed by atoms with van der Waals surface area (Å²) in [5, 5.41) is -0.172.